The van der Waals surface area contributed by atoms with Crippen LogP contribution in [0.4, 0.5) is 4.79 Å². The Hall–Kier alpha value is -2.47. The largest absolute Gasteiger partial charge is 0.328 e. The Balaban J connectivity index is 2.11. The molecule has 0 saturated carbocycles. The van der Waals surface area contributed by atoms with Crippen LogP contribution >= 0.6 is 11.6 Å². The molecule has 4 amide bonds. The first kappa shape index (κ1) is 14.0. The van der Waals surface area contributed by atoms with Crippen molar-refractivity contribution in [1.82, 2.24) is 10.6 Å². The van der Waals surface area contributed by atoms with Crippen molar-refractivity contribution in [3.63, 3.8) is 0 Å². The summed E-state index contributed by atoms with van der Waals surface area (Å²) in [6, 6.07) is 5.72. The number of ketones is 1. The maximum Gasteiger partial charge on any atom is 0.328 e. The molecule has 0 unspecified atom stereocenters. The van der Waals surface area contributed by atoms with Crippen molar-refractivity contribution in [3.05, 3.63) is 40.9 Å². The molecule has 102 valence electrons. The van der Waals surface area contributed by atoms with Gasteiger partial charge < -0.3 is 0 Å². The van der Waals surface area contributed by atoms with Gasteiger partial charge in [-0.2, -0.15) is 0 Å². The molecule has 7 heteroatoms. The first-order valence-corrected chi connectivity index (χ1v) is 5.98. The number of hydrogen-bond donors (Lipinski definition) is 2. The predicted octanol–water partition coefficient (Wildman–Crippen LogP) is 0.905. The predicted molar refractivity (Wildman–Crippen MR) is 70.7 cm³/mol. The van der Waals surface area contributed by atoms with Gasteiger partial charge in [0.2, 0.25) is 11.8 Å². The summed E-state index contributed by atoms with van der Waals surface area (Å²) in [6.07, 6.45) is 2.57. The zero-order valence-electron chi connectivity index (χ0n) is 10.1. The average Bonchev–Trinajstić information content (AvgIpc) is 2.37. The third-order valence-electron chi connectivity index (χ3n) is 2.59. The lowest BCUT2D eigenvalue weighted by atomic mass is 9.99. The van der Waals surface area contributed by atoms with E-state index in [-0.39, 0.29) is 0 Å². The standard InChI is InChI=1S/C13H9ClN2O4/c14-8-4-1-7(2-5-8)3-6-9(17)10-11(18)15-13(20)16-12(10)19/h1-6,10H,(H2,15,16,18,19,20)/b6-3+. The van der Waals surface area contributed by atoms with E-state index in [1.54, 1.807) is 24.3 Å². The Morgan fingerprint density at radius 3 is 2.15 bits per heavy atom. The Morgan fingerprint density at radius 1 is 1.05 bits per heavy atom. The summed E-state index contributed by atoms with van der Waals surface area (Å²) in [5.41, 5.74) is 0.690. The summed E-state index contributed by atoms with van der Waals surface area (Å²) in [4.78, 5) is 45.6. The molecule has 0 atom stereocenters. The van der Waals surface area contributed by atoms with E-state index >= 15 is 0 Å². The van der Waals surface area contributed by atoms with Gasteiger partial charge in [0.05, 0.1) is 0 Å². The second kappa shape index (κ2) is 5.66. The Morgan fingerprint density at radius 2 is 1.60 bits per heavy atom. The third kappa shape index (κ3) is 3.10. The number of allylic oxidation sites excluding steroid dienone is 1. The van der Waals surface area contributed by atoms with Gasteiger partial charge in [0.25, 0.3) is 0 Å². The first-order chi connectivity index (χ1) is 9.47. The van der Waals surface area contributed by atoms with Crippen molar-refractivity contribution in [2.75, 3.05) is 0 Å². The molecular formula is C13H9ClN2O4. The molecule has 0 aliphatic carbocycles. The van der Waals surface area contributed by atoms with Gasteiger partial charge in [-0.3, -0.25) is 25.0 Å². The van der Waals surface area contributed by atoms with E-state index in [1.165, 1.54) is 6.08 Å². The van der Waals surface area contributed by atoms with Crippen LogP contribution < -0.4 is 10.6 Å². The van der Waals surface area contributed by atoms with Gasteiger partial charge in [-0.05, 0) is 23.8 Å². The topological polar surface area (TPSA) is 92.3 Å². The molecule has 0 aromatic heterocycles. The fourth-order valence-electron chi connectivity index (χ4n) is 1.63. The number of imide groups is 2. The molecule has 1 fully saturated rings. The monoisotopic (exact) mass is 292 g/mol. The molecule has 0 radical (unpaired) electrons. The molecule has 20 heavy (non-hydrogen) atoms. The summed E-state index contributed by atoms with van der Waals surface area (Å²) in [5, 5.41) is 4.28. The third-order valence-corrected chi connectivity index (χ3v) is 2.84. The SMILES string of the molecule is O=C1NC(=O)C(C(=O)/C=C/c2ccc(Cl)cc2)C(=O)N1. The van der Waals surface area contributed by atoms with Crippen molar-refractivity contribution in [1.29, 1.82) is 0 Å². The van der Waals surface area contributed by atoms with Crippen LogP contribution in [0.15, 0.2) is 30.3 Å². The Bertz CT molecular complexity index is 602. The van der Waals surface area contributed by atoms with E-state index in [9.17, 15) is 19.2 Å². The van der Waals surface area contributed by atoms with Crippen LogP contribution in [0, 0.1) is 5.92 Å². The van der Waals surface area contributed by atoms with Crippen molar-refractivity contribution >= 4 is 41.3 Å². The number of barbiturate groups is 1. The van der Waals surface area contributed by atoms with Gasteiger partial charge in [0.15, 0.2) is 11.7 Å². The highest BCUT2D eigenvalue weighted by Gasteiger charge is 2.38. The minimum absolute atomic E-state index is 0.554. The molecule has 1 aliphatic heterocycles. The van der Waals surface area contributed by atoms with Crippen LogP contribution in [0.3, 0.4) is 0 Å². The Kier molecular flexibility index (Phi) is 3.95. The Labute approximate surface area is 118 Å². The van der Waals surface area contributed by atoms with Crippen LogP contribution in [0.25, 0.3) is 6.08 Å². The number of nitrogens with one attached hydrogen (secondary N) is 2. The van der Waals surface area contributed by atoms with Crippen molar-refractivity contribution < 1.29 is 19.2 Å². The maximum absolute atomic E-state index is 11.8. The number of carbonyl (C=O) groups is 4. The number of hydrogen-bond acceptors (Lipinski definition) is 4. The molecule has 0 bridgehead atoms. The molecule has 1 aromatic carbocycles. The van der Waals surface area contributed by atoms with Gasteiger partial charge in [-0.15, -0.1) is 0 Å². The molecular weight excluding hydrogens is 284 g/mol. The molecule has 1 saturated heterocycles. The van der Waals surface area contributed by atoms with Gasteiger partial charge in [0.1, 0.15) is 0 Å². The fourth-order valence-corrected chi connectivity index (χ4v) is 1.75. The quantitative estimate of drug-likeness (QED) is 0.639. The summed E-state index contributed by atoms with van der Waals surface area (Å²) < 4.78 is 0. The van der Waals surface area contributed by atoms with Crippen LogP contribution in [0.1, 0.15) is 5.56 Å². The zero-order chi connectivity index (χ0) is 14.7. The summed E-state index contributed by atoms with van der Waals surface area (Å²) in [5.74, 6) is -4.10. The second-order valence-electron chi connectivity index (χ2n) is 4.03. The number of halogens is 1. The lowest BCUT2D eigenvalue weighted by molar-refractivity contribution is -0.140. The van der Waals surface area contributed by atoms with E-state index in [1.807, 2.05) is 10.6 Å². The molecule has 6 nitrogen and oxygen atoms in total. The maximum atomic E-state index is 11.8. The van der Waals surface area contributed by atoms with Crippen LogP contribution in [0.2, 0.25) is 5.02 Å². The van der Waals surface area contributed by atoms with Crippen LogP contribution in [-0.4, -0.2) is 23.6 Å². The fraction of sp³-hybridized carbons (Fsp3) is 0.0769. The van der Waals surface area contributed by atoms with E-state index in [0.29, 0.717) is 10.6 Å². The van der Waals surface area contributed by atoms with E-state index in [2.05, 4.69) is 0 Å². The van der Waals surface area contributed by atoms with Gasteiger partial charge >= 0.3 is 6.03 Å². The molecule has 1 aliphatic rings. The average molecular weight is 293 g/mol. The van der Waals surface area contributed by atoms with Crippen molar-refractivity contribution in [3.8, 4) is 0 Å². The van der Waals surface area contributed by atoms with Gasteiger partial charge in [-0.1, -0.05) is 29.8 Å². The number of urea groups is 1. The number of amides is 4. The van der Waals surface area contributed by atoms with E-state index in [0.717, 1.165) is 6.08 Å². The summed E-state index contributed by atoms with van der Waals surface area (Å²) in [7, 11) is 0. The second-order valence-corrected chi connectivity index (χ2v) is 4.46. The van der Waals surface area contributed by atoms with Gasteiger partial charge in [0, 0.05) is 5.02 Å². The molecule has 0 spiro atoms. The zero-order valence-corrected chi connectivity index (χ0v) is 10.8. The minimum Gasteiger partial charge on any atom is -0.293 e. The van der Waals surface area contributed by atoms with Crippen molar-refractivity contribution in [2.24, 2.45) is 5.92 Å². The number of benzene rings is 1. The summed E-state index contributed by atoms with van der Waals surface area (Å²) in [6.45, 7) is 0. The lowest BCUT2D eigenvalue weighted by Gasteiger charge is -2.18. The highest BCUT2D eigenvalue weighted by Crippen LogP contribution is 2.12. The normalized spacial score (nSPS) is 16.1. The van der Waals surface area contributed by atoms with Crippen molar-refractivity contribution in [2.45, 2.75) is 0 Å². The van der Waals surface area contributed by atoms with Crippen LogP contribution in [-0.2, 0) is 14.4 Å². The van der Waals surface area contributed by atoms with Crippen LogP contribution in [0.5, 0.6) is 0 Å². The number of rotatable bonds is 3. The molecule has 1 heterocycles. The molecule has 1 aromatic rings. The minimum atomic E-state index is -1.55. The van der Waals surface area contributed by atoms with E-state index in [4.69, 9.17) is 11.6 Å². The molecule has 2 N–H and O–H groups in total. The van der Waals surface area contributed by atoms with Gasteiger partial charge in [-0.25, -0.2) is 4.79 Å². The highest BCUT2D eigenvalue weighted by molar-refractivity contribution is 6.30. The molecule has 2 rings (SSSR count). The summed E-state index contributed by atoms with van der Waals surface area (Å²) >= 11 is 5.72. The lowest BCUT2D eigenvalue weighted by Crippen LogP contribution is -2.57. The number of carbonyl (C=O) groups excluding carboxylic acids is 4. The van der Waals surface area contributed by atoms with E-state index < -0.39 is 29.5 Å². The first-order valence-electron chi connectivity index (χ1n) is 5.60. The smallest absolute Gasteiger partial charge is 0.293 e. The highest BCUT2D eigenvalue weighted by atomic mass is 35.5.